The molecule has 3 rings (SSSR count). The maximum absolute atomic E-state index is 13.2. The number of hydrogen-bond donors (Lipinski definition) is 2. The van der Waals surface area contributed by atoms with Gasteiger partial charge < -0.3 is 15.2 Å². The number of imidazole rings is 1. The monoisotopic (exact) mass is 391 g/mol. The summed E-state index contributed by atoms with van der Waals surface area (Å²) in [6.07, 6.45) is 0. The number of rotatable bonds is 4. The molecule has 1 aromatic carbocycles. The van der Waals surface area contributed by atoms with E-state index in [1.165, 1.54) is 26.3 Å². The molecule has 0 spiro atoms. The van der Waals surface area contributed by atoms with Crippen molar-refractivity contribution in [2.24, 2.45) is 0 Å². The second-order valence-corrected chi connectivity index (χ2v) is 8.61. The molecule has 1 aliphatic rings. The molecule has 2 N–H and O–H groups in total. The highest BCUT2D eigenvalue weighted by Crippen LogP contribution is 2.37. The van der Waals surface area contributed by atoms with Crippen LogP contribution in [-0.4, -0.2) is 31.8 Å². The number of para-hydroxylation sites is 2. The Morgan fingerprint density at radius 3 is 2.44 bits per heavy atom. The highest BCUT2D eigenvalue weighted by atomic mass is 32.2. The lowest BCUT2D eigenvalue weighted by Gasteiger charge is -2.26. The molecule has 1 atom stereocenters. The van der Waals surface area contributed by atoms with Crippen molar-refractivity contribution >= 4 is 34.7 Å². The molecular weight excluding hydrogens is 370 g/mol. The Morgan fingerprint density at radius 1 is 1.26 bits per heavy atom. The van der Waals surface area contributed by atoms with Crippen molar-refractivity contribution in [3.8, 4) is 0 Å². The highest BCUT2D eigenvalue weighted by molar-refractivity contribution is 8.03. The summed E-state index contributed by atoms with van der Waals surface area (Å²) in [6.45, 7) is 6.77. The lowest BCUT2D eigenvalue weighted by molar-refractivity contribution is -0.155. The van der Waals surface area contributed by atoms with E-state index >= 15 is 0 Å². The predicted molar refractivity (Wildman–Crippen MR) is 102 cm³/mol. The van der Waals surface area contributed by atoms with Gasteiger partial charge in [-0.25, -0.2) is 9.59 Å². The van der Waals surface area contributed by atoms with Crippen LogP contribution in [0, 0.1) is 0 Å². The molecular formula is C18H21N3O5S. The number of carboxylic acids is 1. The van der Waals surface area contributed by atoms with Crippen LogP contribution in [0.4, 0.5) is 0 Å². The summed E-state index contributed by atoms with van der Waals surface area (Å²) in [7, 11) is 0. The SMILES string of the molecule is CC(C)(C)OC(=O)Cn1c(=O)n(C2(C)NC(C(=O)O)=CS2)c2ccccc21. The second kappa shape index (κ2) is 6.49. The third-order valence-electron chi connectivity index (χ3n) is 3.97. The van der Waals surface area contributed by atoms with Gasteiger partial charge in [0, 0.05) is 5.41 Å². The third kappa shape index (κ3) is 3.59. The number of aliphatic carboxylic acids is 1. The molecule has 0 amide bonds. The van der Waals surface area contributed by atoms with Crippen LogP contribution in [0.5, 0.6) is 0 Å². The number of nitrogens with one attached hydrogen (secondary N) is 1. The van der Waals surface area contributed by atoms with Crippen LogP contribution in [0.3, 0.4) is 0 Å². The van der Waals surface area contributed by atoms with Gasteiger partial charge in [-0.3, -0.25) is 13.9 Å². The topological polar surface area (TPSA) is 103 Å². The number of carbonyl (C=O) groups is 2. The van der Waals surface area contributed by atoms with Crippen LogP contribution in [0.1, 0.15) is 27.7 Å². The van der Waals surface area contributed by atoms with Crippen molar-refractivity contribution in [1.29, 1.82) is 0 Å². The summed E-state index contributed by atoms with van der Waals surface area (Å²) in [5.41, 5.74) is 0.0890. The van der Waals surface area contributed by atoms with Crippen molar-refractivity contribution in [2.75, 3.05) is 0 Å². The van der Waals surface area contributed by atoms with Crippen molar-refractivity contribution < 1.29 is 19.4 Å². The maximum Gasteiger partial charge on any atom is 0.352 e. The van der Waals surface area contributed by atoms with E-state index < -0.39 is 28.2 Å². The fourth-order valence-electron chi connectivity index (χ4n) is 2.97. The van der Waals surface area contributed by atoms with Gasteiger partial charge in [0.1, 0.15) is 17.8 Å². The standard InChI is InChI=1S/C18H21N3O5S/c1-17(2,3)26-14(22)9-20-12-7-5-6-8-13(12)21(16(20)25)18(4)19-11(10-27-18)15(23)24/h5-8,10,19H,9H2,1-4H3,(H,23,24). The summed E-state index contributed by atoms with van der Waals surface area (Å²) in [4.78, 5) is 35.7. The average Bonchev–Trinajstić information content (AvgIpc) is 3.06. The van der Waals surface area contributed by atoms with Crippen LogP contribution in [0.2, 0.25) is 0 Å². The average molecular weight is 391 g/mol. The van der Waals surface area contributed by atoms with Gasteiger partial charge in [0.2, 0.25) is 0 Å². The minimum Gasteiger partial charge on any atom is -0.477 e. The van der Waals surface area contributed by atoms with Crippen LogP contribution >= 0.6 is 11.8 Å². The van der Waals surface area contributed by atoms with Crippen LogP contribution < -0.4 is 11.0 Å². The van der Waals surface area contributed by atoms with Gasteiger partial charge in [0.05, 0.1) is 11.0 Å². The summed E-state index contributed by atoms with van der Waals surface area (Å²) >= 11 is 1.18. The van der Waals surface area contributed by atoms with Gasteiger partial charge >= 0.3 is 17.6 Å². The number of nitrogens with zero attached hydrogens (tertiary/aromatic N) is 2. The first-order chi connectivity index (χ1) is 12.5. The molecule has 2 aromatic rings. The molecule has 1 aromatic heterocycles. The first kappa shape index (κ1) is 19.1. The molecule has 0 fully saturated rings. The zero-order chi connectivity index (χ0) is 20.0. The lowest BCUT2D eigenvalue weighted by atomic mass is 10.2. The molecule has 0 aliphatic carbocycles. The highest BCUT2D eigenvalue weighted by Gasteiger charge is 2.38. The minimum absolute atomic E-state index is 0.0124. The summed E-state index contributed by atoms with van der Waals surface area (Å²) in [5.74, 6) is -1.62. The number of fused-ring (bicyclic) bond motifs is 1. The molecule has 9 heteroatoms. The zero-order valence-corrected chi connectivity index (χ0v) is 16.3. The number of carbonyl (C=O) groups excluding carboxylic acids is 1. The van der Waals surface area contributed by atoms with E-state index in [9.17, 15) is 19.5 Å². The van der Waals surface area contributed by atoms with E-state index in [0.29, 0.717) is 11.0 Å². The van der Waals surface area contributed by atoms with Crippen LogP contribution in [-0.2, 0) is 25.9 Å². The lowest BCUT2D eigenvalue weighted by Crippen LogP contribution is -2.45. The quantitative estimate of drug-likeness (QED) is 0.769. The van der Waals surface area contributed by atoms with Gasteiger partial charge in [0.25, 0.3) is 0 Å². The predicted octanol–water partition coefficient (Wildman–Crippen LogP) is 2.04. The summed E-state index contributed by atoms with van der Waals surface area (Å²) in [5, 5.41) is 13.6. The molecule has 0 bridgehead atoms. The van der Waals surface area contributed by atoms with E-state index in [4.69, 9.17) is 4.74 Å². The first-order valence-corrected chi connectivity index (χ1v) is 9.22. The second-order valence-electron chi connectivity index (χ2n) is 7.34. The van der Waals surface area contributed by atoms with Gasteiger partial charge in [-0.2, -0.15) is 0 Å². The zero-order valence-electron chi connectivity index (χ0n) is 15.5. The first-order valence-electron chi connectivity index (χ1n) is 8.34. The van der Waals surface area contributed by atoms with E-state index in [2.05, 4.69) is 5.32 Å². The van der Waals surface area contributed by atoms with Crippen molar-refractivity contribution in [1.82, 2.24) is 14.5 Å². The van der Waals surface area contributed by atoms with Crippen molar-refractivity contribution in [3.05, 3.63) is 45.9 Å². The Balaban J connectivity index is 2.06. The molecule has 1 aliphatic heterocycles. The molecule has 8 nitrogen and oxygen atoms in total. The molecule has 0 saturated heterocycles. The molecule has 27 heavy (non-hydrogen) atoms. The van der Waals surface area contributed by atoms with Gasteiger partial charge in [0.15, 0.2) is 4.99 Å². The molecule has 1 unspecified atom stereocenters. The molecule has 0 radical (unpaired) electrons. The smallest absolute Gasteiger partial charge is 0.352 e. The van der Waals surface area contributed by atoms with Crippen LogP contribution in [0.15, 0.2) is 40.2 Å². The molecule has 144 valence electrons. The third-order valence-corrected chi connectivity index (χ3v) is 5.07. The summed E-state index contributed by atoms with van der Waals surface area (Å²) < 4.78 is 8.14. The fourth-order valence-corrected chi connectivity index (χ4v) is 3.93. The number of hydrogen-bond acceptors (Lipinski definition) is 6. The van der Waals surface area contributed by atoms with Gasteiger partial charge in [-0.1, -0.05) is 23.9 Å². The fraction of sp³-hybridized carbons (Fsp3) is 0.389. The Bertz CT molecular complexity index is 1010. The number of aromatic nitrogens is 2. The Morgan fingerprint density at radius 2 is 1.89 bits per heavy atom. The van der Waals surface area contributed by atoms with Crippen molar-refractivity contribution in [3.63, 3.8) is 0 Å². The normalized spacial score (nSPS) is 19.6. The number of thioether (sulfide) groups is 1. The van der Waals surface area contributed by atoms with Crippen molar-refractivity contribution in [2.45, 2.75) is 44.8 Å². The maximum atomic E-state index is 13.2. The largest absolute Gasteiger partial charge is 0.477 e. The van der Waals surface area contributed by atoms with E-state index in [1.54, 1.807) is 52.0 Å². The summed E-state index contributed by atoms with van der Waals surface area (Å²) in [6, 6.07) is 7.06. The Labute approximate surface area is 159 Å². The van der Waals surface area contributed by atoms with Crippen LogP contribution in [0.25, 0.3) is 11.0 Å². The molecule has 2 heterocycles. The van der Waals surface area contributed by atoms with E-state index in [0.717, 1.165) is 0 Å². The number of esters is 1. The minimum atomic E-state index is -1.10. The van der Waals surface area contributed by atoms with Gasteiger partial charge in [-0.05, 0) is 39.8 Å². The van der Waals surface area contributed by atoms with Gasteiger partial charge in [-0.15, -0.1) is 0 Å². The van der Waals surface area contributed by atoms with E-state index in [1.807, 2.05) is 0 Å². The Kier molecular flexibility index (Phi) is 4.59. The number of carboxylic acid groups (broad SMARTS) is 1. The number of ether oxygens (including phenoxy) is 1. The Hall–Kier alpha value is -2.68. The number of benzene rings is 1. The molecule has 0 saturated carbocycles. The van der Waals surface area contributed by atoms with E-state index in [-0.39, 0.29) is 12.2 Å².